The van der Waals surface area contributed by atoms with Gasteiger partial charge in [-0.15, -0.1) is 11.3 Å². The highest BCUT2D eigenvalue weighted by molar-refractivity contribution is 9.10. The molecule has 8 heteroatoms. The molecule has 1 aromatic carbocycles. The zero-order valence-electron chi connectivity index (χ0n) is 13.7. The third-order valence-corrected chi connectivity index (χ3v) is 5.41. The lowest BCUT2D eigenvalue weighted by Gasteiger charge is -2.34. The van der Waals surface area contributed by atoms with Gasteiger partial charge in [-0.2, -0.15) is 0 Å². The Morgan fingerprint density at radius 3 is 2.52 bits per heavy atom. The van der Waals surface area contributed by atoms with Crippen LogP contribution < -0.4 is 10.2 Å². The van der Waals surface area contributed by atoms with E-state index in [4.69, 9.17) is 0 Å². The molecule has 1 saturated heterocycles. The van der Waals surface area contributed by atoms with E-state index in [0.29, 0.717) is 31.6 Å². The Morgan fingerprint density at radius 2 is 1.88 bits per heavy atom. The summed E-state index contributed by atoms with van der Waals surface area (Å²) in [4.78, 5) is 32.7. The Labute approximate surface area is 159 Å². The van der Waals surface area contributed by atoms with Gasteiger partial charge in [0, 0.05) is 60.8 Å². The van der Waals surface area contributed by atoms with Crippen LogP contribution in [0, 0.1) is 0 Å². The van der Waals surface area contributed by atoms with Gasteiger partial charge in [-0.25, -0.2) is 4.98 Å². The first-order chi connectivity index (χ1) is 12.1. The van der Waals surface area contributed by atoms with Gasteiger partial charge < -0.3 is 15.1 Å². The van der Waals surface area contributed by atoms with Crippen molar-refractivity contribution in [2.45, 2.75) is 6.42 Å². The maximum absolute atomic E-state index is 12.3. The first kappa shape index (κ1) is 17.9. The number of piperazine rings is 1. The van der Waals surface area contributed by atoms with E-state index >= 15 is 0 Å². The van der Waals surface area contributed by atoms with Gasteiger partial charge in [-0.3, -0.25) is 9.59 Å². The maximum Gasteiger partial charge on any atom is 0.251 e. The van der Waals surface area contributed by atoms with Crippen LogP contribution >= 0.6 is 27.3 Å². The van der Waals surface area contributed by atoms with Crippen molar-refractivity contribution in [3.63, 3.8) is 0 Å². The van der Waals surface area contributed by atoms with Gasteiger partial charge in [-0.05, 0) is 24.3 Å². The van der Waals surface area contributed by atoms with E-state index in [1.165, 1.54) is 0 Å². The van der Waals surface area contributed by atoms with Crippen LogP contribution in [0.2, 0.25) is 0 Å². The Morgan fingerprint density at radius 1 is 1.16 bits per heavy atom. The summed E-state index contributed by atoms with van der Waals surface area (Å²) in [5.41, 5.74) is 0.590. The Bertz CT molecular complexity index is 713. The Hall–Kier alpha value is -1.93. The van der Waals surface area contributed by atoms with Crippen molar-refractivity contribution in [3.8, 4) is 0 Å². The molecule has 132 valence electrons. The van der Waals surface area contributed by atoms with Crippen LogP contribution in [0.3, 0.4) is 0 Å². The molecule has 0 unspecified atom stereocenters. The number of amides is 2. The van der Waals surface area contributed by atoms with E-state index in [1.807, 2.05) is 22.4 Å². The smallest absolute Gasteiger partial charge is 0.251 e. The number of nitrogens with one attached hydrogen (secondary N) is 1. The summed E-state index contributed by atoms with van der Waals surface area (Å²) in [5, 5.41) is 5.77. The molecular weight excluding hydrogens is 404 g/mol. The SMILES string of the molecule is O=C(NCCC(=O)N1CCN(c2nccs2)CC1)c1ccc(Br)cc1. The summed E-state index contributed by atoms with van der Waals surface area (Å²) in [5.74, 6) is -0.0798. The van der Waals surface area contributed by atoms with E-state index < -0.39 is 0 Å². The van der Waals surface area contributed by atoms with Gasteiger partial charge in [0.25, 0.3) is 5.91 Å². The molecule has 1 N–H and O–H groups in total. The fourth-order valence-corrected chi connectivity index (χ4v) is 3.62. The number of halogens is 1. The molecular formula is C17H19BrN4O2S. The van der Waals surface area contributed by atoms with E-state index in [-0.39, 0.29) is 11.8 Å². The summed E-state index contributed by atoms with van der Waals surface area (Å²) < 4.78 is 0.927. The minimum absolute atomic E-state index is 0.0786. The molecule has 1 fully saturated rings. The number of carbonyl (C=O) groups excluding carboxylic acids is 2. The van der Waals surface area contributed by atoms with Gasteiger partial charge in [0.2, 0.25) is 5.91 Å². The van der Waals surface area contributed by atoms with Crippen LogP contribution in [0.1, 0.15) is 16.8 Å². The molecule has 1 aliphatic rings. The third kappa shape index (κ3) is 4.79. The van der Waals surface area contributed by atoms with Gasteiger partial charge in [0.05, 0.1) is 0 Å². The number of hydrogen-bond donors (Lipinski definition) is 1. The average molecular weight is 423 g/mol. The number of thiazole rings is 1. The predicted octanol–water partition coefficient (Wildman–Crippen LogP) is 2.37. The minimum Gasteiger partial charge on any atom is -0.352 e. The normalized spacial score (nSPS) is 14.4. The maximum atomic E-state index is 12.3. The topological polar surface area (TPSA) is 65.5 Å². The summed E-state index contributed by atoms with van der Waals surface area (Å²) >= 11 is 4.95. The van der Waals surface area contributed by atoms with Crippen molar-refractivity contribution in [3.05, 3.63) is 45.9 Å². The highest BCUT2D eigenvalue weighted by atomic mass is 79.9. The molecule has 1 aliphatic heterocycles. The molecule has 6 nitrogen and oxygen atoms in total. The van der Waals surface area contributed by atoms with Crippen molar-refractivity contribution in [1.29, 1.82) is 0 Å². The molecule has 2 heterocycles. The monoisotopic (exact) mass is 422 g/mol. The molecule has 0 radical (unpaired) electrons. The summed E-state index contributed by atoms with van der Waals surface area (Å²) in [7, 11) is 0. The largest absolute Gasteiger partial charge is 0.352 e. The summed E-state index contributed by atoms with van der Waals surface area (Å²) in [6.45, 7) is 3.33. The van der Waals surface area contributed by atoms with Crippen LogP contribution in [0.4, 0.5) is 5.13 Å². The second-order valence-corrected chi connectivity index (χ2v) is 7.48. The van der Waals surface area contributed by atoms with Gasteiger partial charge >= 0.3 is 0 Å². The molecule has 0 bridgehead atoms. The third-order valence-electron chi connectivity index (χ3n) is 4.05. The van der Waals surface area contributed by atoms with Crippen LogP contribution in [0.5, 0.6) is 0 Å². The van der Waals surface area contributed by atoms with Crippen molar-refractivity contribution >= 4 is 44.2 Å². The molecule has 0 spiro atoms. The van der Waals surface area contributed by atoms with E-state index in [2.05, 4.69) is 31.1 Å². The number of carbonyl (C=O) groups is 2. The van der Waals surface area contributed by atoms with Crippen LogP contribution in [-0.2, 0) is 4.79 Å². The van der Waals surface area contributed by atoms with Crippen LogP contribution in [-0.4, -0.2) is 54.4 Å². The molecule has 25 heavy (non-hydrogen) atoms. The minimum atomic E-state index is -0.158. The highest BCUT2D eigenvalue weighted by Gasteiger charge is 2.22. The van der Waals surface area contributed by atoms with Gasteiger partial charge in [0.1, 0.15) is 0 Å². The van der Waals surface area contributed by atoms with E-state index in [1.54, 1.807) is 29.7 Å². The number of nitrogens with zero attached hydrogens (tertiary/aromatic N) is 3. The molecule has 1 aromatic heterocycles. The van der Waals surface area contributed by atoms with E-state index in [0.717, 1.165) is 22.7 Å². The first-order valence-corrected chi connectivity index (χ1v) is 9.77. The van der Waals surface area contributed by atoms with E-state index in [9.17, 15) is 9.59 Å². The lowest BCUT2D eigenvalue weighted by atomic mass is 10.2. The van der Waals surface area contributed by atoms with Crippen molar-refractivity contribution < 1.29 is 9.59 Å². The summed E-state index contributed by atoms with van der Waals surface area (Å²) in [6, 6.07) is 7.14. The second-order valence-electron chi connectivity index (χ2n) is 5.70. The molecule has 3 rings (SSSR count). The predicted molar refractivity (Wildman–Crippen MR) is 102 cm³/mol. The van der Waals surface area contributed by atoms with Crippen LogP contribution in [0.15, 0.2) is 40.3 Å². The van der Waals surface area contributed by atoms with Gasteiger partial charge in [0.15, 0.2) is 5.13 Å². The number of rotatable bonds is 5. The van der Waals surface area contributed by atoms with Crippen molar-refractivity contribution in [2.24, 2.45) is 0 Å². The average Bonchev–Trinajstić information content (AvgIpc) is 3.17. The zero-order valence-corrected chi connectivity index (χ0v) is 16.1. The lowest BCUT2D eigenvalue weighted by molar-refractivity contribution is -0.131. The van der Waals surface area contributed by atoms with Crippen LogP contribution in [0.25, 0.3) is 0 Å². The number of benzene rings is 1. The Balaban J connectivity index is 1.39. The zero-order chi connectivity index (χ0) is 17.6. The standard InChI is InChI=1S/C17H19BrN4O2S/c18-14-3-1-13(2-4-14)16(24)19-6-5-15(23)21-8-10-22(11-9-21)17-20-7-12-25-17/h1-4,7,12H,5-6,8-11H2,(H,19,24). The quantitative estimate of drug-likeness (QED) is 0.802. The molecule has 2 amide bonds. The fourth-order valence-electron chi connectivity index (χ4n) is 2.66. The highest BCUT2D eigenvalue weighted by Crippen LogP contribution is 2.19. The summed E-state index contributed by atoms with van der Waals surface area (Å²) in [6.07, 6.45) is 2.12. The van der Waals surface area contributed by atoms with Crippen molar-refractivity contribution in [1.82, 2.24) is 15.2 Å². The molecule has 0 atom stereocenters. The number of anilines is 1. The first-order valence-electron chi connectivity index (χ1n) is 8.09. The Kier molecular flexibility index (Phi) is 6.04. The lowest BCUT2D eigenvalue weighted by Crippen LogP contribution is -2.49. The second kappa shape index (κ2) is 8.44. The fraction of sp³-hybridized carbons (Fsp3) is 0.353. The molecule has 0 saturated carbocycles. The van der Waals surface area contributed by atoms with Crippen molar-refractivity contribution in [2.75, 3.05) is 37.6 Å². The number of aromatic nitrogens is 1. The molecule has 2 aromatic rings. The molecule has 0 aliphatic carbocycles. The van der Waals surface area contributed by atoms with Gasteiger partial charge in [-0.1, -0.05) is 15.9 Å². The number of hydrogen-bond acceptors (Lipinski definition) is 5.